The predicted octanol–water partition coefficient (Wildman–Crippen LogP) is 12.7. The molecular formula is C44H29NO. The highest BCUT2D eigenvalue weighted by atomic mass is 16.3. The molecule has 0 saturated heterocycles. The van der Waals surface area contributed by atoms with E-state index in [0.29, 0.717) is 0 Å². The molecule has 216 valence electrons. The van der Waals surface area contributed by atoms with Crippen LogP contribution < -0.4 is 4.90 Å². The van der Waals surface area contributed by atoms with Gasteiger partial charge in [-0.25, -0.2) is 0 Å². The quantitative estimate of drug-likeness (QED) is 0.199. The molecule has 0 fully saturated rings. The molecule has 0 spiro atoms. The third-order valence-electron chi connectivity index (χ3n) is 9.02. The molecule has 2 nitrogen and oxygen atoms in total. The predicted molar refractivity (Wildman–Crippen MR) is 194 cm³/mol. The van der Waals surface area contributed by atoms with E-state index in [1.165, 1.54) is 49.2 Å². The van der Waals surface area contributed by atoms with Gasteiger partial charge in [-0.2, -0.15) is 0 Å². The average Bonchev–Trinajstić information content (AvgIpc) is 3.52. The zero-order valence-electron chi connectivity index (χ0n) is 25.1. The van der Waals surface area contributed by atoms with Crippen molar-refractivity contribution in [3.05, 3.63) is 176 Å². The van der Waals surface area contributed by atoms with Gasteiger partial charge in [-0.3, -0.25) is 0 Å². The summed E-state index contributed by atoms with van der Waals surface area (Å²) in [5, 5.41) is 7.19. The number of hydrogen-bond donors (Lipinski definition) is 0. The Bertz CT molecular complexity index is 2530. The van der Waals surface area contributed by atoms with Gasteiger partial charge in [0.15, 0.2) is 0 Å². The molecule has 0 saturated carbocycles. The second-order valence-corrected chi connectivity index (χ2v) is 11.8. The Balaban J connectivity index is 1.16. The molecular weight excluding hydrogens is 558 g/mol. The zero-order valence-corrected chi connectivity index (χ0v) is 25.1. The van der Waals surface area contributed by atoms with Crippen molar-refractivity contribution in [1.29, 1.82) is 0 Å². The zero-order chi connectivity index (χ0) is 30.5. The smallest absolute Gasteiger partial charge is 0.136 e. The van der Waals surface area contributed by atoms with Crippen molar-refractivity contribution >= 4 is 60.5 Å². The SMILES string of the molecule is c1ccc(-c2cccc(N(c3ccc(-c4ccc5ccc6oc7ccccc7c6c5c4)cc3)c3ccc4ccccc4c3)c2)cc1. The minimum Gasteiger partial charge on any atom is -0.456 e. The summed E-state index contributed by atoms with van der Waals surface area (Å²) in [5.41, 5.74) is 9.93. The fourth-order valence-corrected chi connectivity index (χ4v) is 6.74. The number of anilines is 3. The Kier molecular flexibility index (Phi) is 6.17. The number of para-hydroxylation sites is 1. The van der Waals surface area contributed by atoms with Crippen LogP contribution in [0.3, 0.4) is 0 Å². The molecule has 0 aliphatic carbocycles. The summed E-state index contributed by atoms with van der Waals surface area (Å²) < 4.78 is 6.19. The van der Waals surface area contributed by atoms with Crippen LogP contribution in [0.4, 0.5) is 17.1 Å². The Labute approximate surface area is 267 Å². The van der Waals surface area contributed by atoms with E-state index in [-0.39, 0.29) is 0 Å². The van der Waals surface area contributed by atoms with E-state index >= 15 is 0 Å². The van der Waals surface area contributed by atoms with Crippen LogP contribution in [0, 0.1) is 0 Å². The molecule has 0 aliphatic heterocycles. The Morgan fingerprint density at radius 1 is 0.326 bits per heavy atom. The Morgan fingerprint density at radius 2 is 0.957 bits per heavy atom. The van der Waals surface area contributed by atoms with Crippen LogP contribution in [0.5, 0.6) is 0 Å². The van der Waals surface area contributed by atoms with Crippen molar-refractivity contribution < 1.29 is 4.42 Å². The number of fused-ring (bicyclic) bond motifs is 6. The number of benzene rings is 8. The molecule has 0 radical (unpaired) electrons. The highest BCUT2D eigenvalue weighted by molar-refractivity contribution is 6.19. The second kappa shape index (κ2) is 10.8. The van der Waals surface area contributed by atoms with Crippen LogP contribution in [0.15, 0.2) is 180 Å². The van der Waals surface area contributed by atoms with Crippen molar-refractivity contribution in [3.63, 3.8) is 0 Å². The van der Waals surface area contributed by atoms with Crippen molar-refractivity contribution in [2.45, 2.75) is 0 Å². The first-order valence-electron chi connectivity index (χ1n) is 15.7. The highest BCUT2D eigenvalue weighted by Gasteiger charge is 2.15. The van der Waals surface area contributed by atoms with Crippen molar-refractivity contribution in [3.8, 4) is 22.3 Å². The molecule has 0 atom stereocenters. The highest BCUT2D eigenvalue weighted by Crippen LogP contribution is 2.40. The fourth-order valence-electron chi connectivity index (χ4n) is 6.74. The molecule has 0 N–H and O–H groups in total. The second-order valence-electron chi connectivity index (χ2n) is 11.8. The lowest BCUT2D eigenvalue weighted by molar-refractivity contribution is 0.669. The van der Waals surface area contributed by atoms with Crippen molar-refractivity contribution in [1.82, 2.24) is 0 Å². The first-order chi connectivity index (χ1) is 22.8. The standard InChI is InChI=1S/C44H29NO/c1-2-9-30(10-3-1)35-13-8-14-38(27-35)45(39-25-21-31-11-4-5-12-34(31)28-39)37-23-19-32(20-24-37)36-18-17-33-22-26-43-44(41(33)29-36)40-15-6-7-16-42(40)46-43/h1-29H. The molecule has 0 amide bonds. The number of rotatable bonds is 5. The minimum absolute atomic E-state index is 0.921. The van der Waals surface area contributed by atoms with Gasteiger partial charge in [-0.05, 0) is 98.4 Å². The molecule has 8 aromatic carbocycles. The van der Waals surface area contributed by atoms with Gasteiger partial charge in [0.1, 0.15) is 11.2 Å². The van der Waals surface area contributed by atoms with E-state index < -0.39 is 0 Å². The molecule has 9 aromatic rings. The van der Waals surface area contributed by atoms with E-state index in [1.807, 2.05) is 12.1 Å². The van der Waals surface area contributed by atoms with E-state index in [9.17, 15) is 0 Å². The number of furan rings is 1. The monoisotopic (exact) mass is 587 g/mol. The van der Waals surface area contributed by atoms with Crippen LogP contribution in [0.1, 0.15) is 0 Å². The van der Waals surface area contributed by atoms with Gasteiger partial charge >= 0.3 is 0 Å². The summed E-state index contributed by atoms with van der Waals surface area (Å²) in [6.07, 6.45) is 0. The summed E-state index contributed by atoms with van der Waals surface area (Å²) in [6, 6.07) is 62.8. The minimum atomic E-state index is 0.921. The van der Waals surface area contributed by atoms with E-state index in [2.05, 4.69) is 169 Å². The maximum Gasteiger partial charge on any atom is 0.136 e. The lowest BCUT2D eigenvalue weighted by Crippen LogP contribution is -2.10. The van der Waals surface area contributed by atoms with Gasteiger partial charge in [0.25, 0.3) is 0 Å². The topological polar surface area (TPSA) is 16.4 Å². The fraction of sp³-hybridized carbons (Fsp3) is 0. The van der Waals surface area contributed by atoms with Crippen LogP contribution in [0.2, 0.25) is 0 Å². The third-order valence-corrected chi connectivity index (χ3v) is 9.02. The molecule has 1 aromatic heterocycles. The first-order valence-corrected chi connectivity index (χ1v) is 15.7. The summed E-state index contributed by atoms with van der Waals surface area (Å²) in [7, 11) is 0. The Morgan fingerprint density at radius 3 is 1.85 bits per heavy atom. The molecule has 0 aliphatic rings. The maximum absolute atomic E-state index is 6.19. The van der Waals surface area contributed by atoms with Gasteiger partial charge in [0.2, 0.25) is 0 Å². The van der Waals surface area contributed by atoms with Gasteiger partial charge in [0.05, 0.1) is 0 Å². The lowest BCUT2D eigenvalue weighted by Gasteiger charge is -2.26. The molecule has 46 heavy (non-hydrogen) atoms. The summed E-state index contributed by atoms with van der Waals surface area (Å²) in [5.74, 6) is 0. The molecule has 1 heterocycles. The normalized spacial score (nSPS) is 11.5. The lowest BCUT2D eigenvalue weighted by atomic mass is 9.98. The summed E-state index contributed by atoms with van der Waals surface area (Å²) in [6.45, 7) is 0. The van der Waals surface area contributed by atoms with Crippen LogP contribution in [0.25, 0.3) is 65.7 Å². The van der Waals surface area contributed by atoms with Crippen LogP contribution in [-0.2, 0) is 0 Å². The molecule has 0 bridgehead atoms. The van der Waals surface area contributed by atoms with E-state index in [4.69, 9.17) is 4.42 Å². The summed E-state index contributed by atoms with van der Waals surface area (Å²) in [4.78, 5) is 2.35. The van der Waals surface area contributed by atoms with Crippen LogP contribution >= 0.6 is 0 Å². The molecule has 2 heteroatoms. The van der Waals surface area contributed by atoms with E-state index in [0.717, 1.165) is 33.6 Å². The third kappa shape index (κ3) is 4.51. The van der Waals surface area contributed by atoms with Gasteiger partial charge in [-0.15, -0.1) is 0 Å². The van der Waals surface area contributed by atoms with E-state index in [1.54, 1.807) is 0 Å². The van der Waals surface area contributed by atoms with Crippen LogP contribution in [-0.4, -0.2) is 0 Å². The van der Waals surface area contributed by atoms with Gasteiger partial charge in [-0.1, -0.05) is 121 Å². The number of hydrogen-bond acceptors (Lipinski definition) is 2. The van der Waals surface area contributed by atoms with Crippen molar-refractivity contribution in [2.75, 3.05) is 4.90 Å². The van der Waals surface area contributed by atoms with Crippen molar-refractivity contribution in [2.24, 2.45) is 0 Å². The van der Waals surface area contributed by atoms with Gasteiger partial charge < -0.3 is 9.32 Å². The average molecular weight is 588 g/mol. The molecule has 0 unspecified atom stereocenters. The summed E-state index contributed by atoms with van der Waals surface area (Å²) >= 11 is 0. The first kappa shape index (κ1) is 26.3. The maximum atomic E-state index is 6.19. The molecule has 9 rings (SSSR count). The Hall–Kier alpha value is -6.12. The number of nitrogens with zero attached hydrogens (tertiary/aromatic N) is 1. The largest absolute Gasteiger partial charge is 0.456 e. The van der Waals surface area contributed by atoms with Gasteiger partial charge in [0, 0.05) is 27.8 Å².